The molecule has 2 aromatic rings. The Morgan fingerprint density at radius 3 is 2.65 bits per heavy atom. The number of halogens is 1. The Bertz CT molecular complexity index is 687. The van der Waals surface area contributed by atoms with Crippen LogP contribution in [0.15, 0.2) is 54.1 Å². The van der Waals surface area contributed by atoms with E-state index in [1.165, 1.54) is 23.1 Å². The van der Waals surface area contributed by atoms with Crippen molar-refractivity contribution in [3.8, 4) is 0 Å². The van der Waals surface area contributed by atoms with Crippen molar-refractivity contribution < 1.29 is 5.11 Å². The summed E-state index contributed by atoms with van der Waals surface area (Å²) in [5.41, 5.74) is 4.84. The number of rotatable bonds is 4. The molecule has 2 atom stereocenters. The van der Waals surface area contributed by atoms with Crippen LogP contribution in [0.2, 0.25) is 5.02 Å². The van der Waals surface area contributed by atoms with Gasteiger partial charge in [-0.1, -0.05) is 71.3 Å². The monoisotopic (exact) mass is 326 g/mol. The standard InChI is InChI=1S/C21H23ClO/c1-15-9-11-16(12-10-15)13-17-5-4-6-18(17)14-21(23)19-7-2-3-8-20(19)22/h2-3,7-13,18,21,23H,4-6,14H2,1H3/b17-13-/t18-,21-/m0/s1. The van der Waals surface area contributed by atoms with Crippen molar-refractivity contribution in [2.75, 3.05) is 0 Å². The minimum absolute atomic E-state index is 0.447. The van der Waals surface area contributed by atoms with Crippen molar-refractivity contribution in [3.05, 3.63) is 75.8 Å². The van der Waals surface area contributed by atoms with Crippen LogP contribution in [0, 0.1) is 12.8 Å². The molecular weight excluding hydrogens is 304 g/mol. The molecule has 1 N–H and O–H groups in total. The highest BCUT2D eigenvalue weighted by Gasteiger charge is 2.25. The lowest BCUT2D eigenvalue weighted by Gasteiger charge is -2.18. The molecular formula is C21H23ClO. The van der Waals surface area contributed by atoms with E-state index in [1.54, 1.807) is 0 Å². The maximum Gasteiger partial charge on any atom is 0.0810 e. The van der Waals surface area contributed by atoms with Gasteiger partial charge in [0, 0.05) is 5.02 Å². The fourth-order valence-corrected chi connectivity index (χ4v) is 3.68. The summed E-state index contributed by atoms with van der Waals surface area (Å²) in [5, 5.41) is 11.2. The third-order valence-electron chi connectivity index (χ3n) is 4.74. The van der Waals surface area contributed by atoms with Crippen LogP contribution >= 0.6 is 11.6 Å². The lowest BCUT2D eigenvalue weighted by atomic mass is 9.91. The van der Waals surface area contributed by atoms with E-state index >= 15 is 0 Å². The van der Waals surface area contributed by atoms with E-state index < -0.39 is 6.10 Å². The van der Waals surface area contributed by atoms with Crippen molar-refractivity contribution in [2.24, 2.45) is 5.92 Å². The van der Waals surface area contributed by atoms with Crippen LogP contribution in [-0.2, 0) is 0 Å². The normalized spacial score (nSPS) is 20.8. The molecule has 0 saturated heterocycles. The molecule has 0 heterocycles. The predicted molar refractivity (Wildman–Crippen MR) is 97.5 cm³/mol. The number of aliphatic hydroxyl groups excluding tert-OH is 1. The fraction of sp³-hybridized carbons (Fsp3) is 0.333. The second-order valence-corrected chi connectivity index (χ2v) is 6.90. The van der Waals surface area contributed by atoms with Crippen LogP contribution in [-0.4, -0.2) is 5.11 Å². The van der Waals surface area contributed by atoms with Gasteiger partial charge in [0.25, 0.3) is 0 Å². The number of hydrogen-bond acceptors (Lipinski definition) is 1. The Hall–Kier alpha value is -1.57. The smallest absolute Gasteiger partial charge is 0.0810 e. The van der Waals surface area contributed by atoms with Crippen molar-refractivity contribution in [1.82, 2.24) is 0 Å². The molecule has 2 heteroatoms. The van der Waals surface area contributed by atoms with E-state index in [4.69, 9.17) is 11.6 Å². The van der Waals surface area contributed by atoms with Gasteiger partial charge in [-0.15, -0.1) is 0 Å². The topological polar surface area (TPSA) is 20.2 Å². The highest BCUT2D eigenvalue weighted by molar-refractivity contribution is 6.31. The molecule has 0 aromatic heterocycles. The van der Waals surface area contributed by atoms with Crippen molar-refractivity contribution in [3.63, 3.8) is 0 Å². The van der Waals surface area contributed by atoms with Gasteiger partial charge < -0.3 is 5.11 Å². The highest BCUT2D eigenvalue weighted by Crippen LogP contribution is 2.39. The third kappa shape index (κ3) is 4.04. The molecule has 1 aliphatic rings. The second kappa shape index (κ2) is 7.33. The molecule has 1 aliphatic carbocycles. The average molecular weight is 327 g/mol. The van der Waals surface area contributed by atoms with E-state index in [2.05, 4.69) is 37.3 Å². The van der Waals surface area contributed by atoms with Crippen LogP contribution in [0.25, 0.3) is 6.08 Å². The Kier molecular flexibility index (Phi) is 5.20. The Balaban J connectivity index is 1.74. The zero-order valence-electron chi connectivity index (χ0n) is 13.5. The van der Waals surface area contributed by atoms with Crippen LogP contribution in [0.4, 0.5) is 0 Å². The average Bonchev–Trinajstić information content (AvgIpc) is 2.97. The molecule has 1 fully saturated rings. The highest BCUT2D eigenvalue weighted by atomic mass is 35.5. The number of aliphatic hydroxyl groups is 1. The van der Waals surface area contributed by atoms with Crippen LogP contribution in [0.5, 0.6) is 0 Å². The first-order chi connectivity index (χ1) is 11.1. The Labute approximate surface area is 143 Å². The van der Waals surface area contributed by atoms with E-state index in [9.17, 15) is 5.11 Å². The maximum atomic E-state index is 10.6. The summed E-state index contributed by atoms with van der Waals surface area (Å²) in [7, 11) is 0. The summed E-state index contributed by atoms with van der Waals surface area (Å²) < 4.78 is 0. The minimum Gasteiger partial charge on any atom is -0.388 e. The summed E-state index contributed by atoms with van der Waals surface area (Å²) >= 11 is 6.21. The fourth-order valence-electron chi connectivity index (χ4n) is 3.42. The van der Waals surface area contributed by atoms with Gasteiger partial charge in [-0.25, -0.2) is 0 Å². The molecule has 23 heavy (non-hydrogen) atoms. The second-order valence-electron chi connectivity index (χ2n) is 6.49. The lowest BCUT2D eigenvalue weighted by molar-refractivity contribution is 0.152. The van der Waals surface area contributed by atoms with Gasteiger partial charge in [0.2, 0.25) is 0 Å². The molecule has 0 unspecified atom stereocenters. The molecule has 0 bridgehead atoms. The molecule has 1 saturated carbocycles. The van der Waals surface area contributed by atoms with E-state index in [-0.39, 0.29) is 0 Å². The number of hydrogen-bond donors (Lipinski definition) is 1. The molecule has 120 valence electrons. The van der Waals surface area contributed by atoms with Crippen LogP contribution in [0.1, 0.15) is 48.5 Å². The molecule has 1 nitrogen and oxygen atoms in total. The van der Waals surface area contributed by atoms with E-state index in [0.717, 1.165) is 24.8 Å². The van der Waals surface area contributed by atoms with Crippen LogP contribution in [0.3, 0.4) is 0 Å². The molecule has 2 aromatic carbocycles. The van der Waals surface area contributed by atoms with Crippen molar-refractivity contribution in [2.45, 2.75) is 38.7 Å². The number of allylic oxidation sites excluding steroid dienone is 1. The Morgan fingerprint density at radius 2 is 1.91 bits per heavy atom. The number of aryl methyl sites for hydroxylation is 1. The van der Waals surface area contributed by atoms with Gasteiger partial charge in [-0.3, -0.25) is 0 Å². The lowest BCUT2D eigenvalue weighted by Crippen LogP contribution is -2.06. The Morgan fingerprint density at radius 1 is 1.17 bits per heavy atom. The molecule has 0 spiro atoms. The first-order valence-electron chi connectivity index (χ1n) is 8.33. The summed E-state index contributed by atoms with van der Waals surface area (Å²) in [5.74, 6) is 0.447. The van der Waals surface area contributed by atoms with Crippen molar-refractivity contribution in [1.29, 1.82) is 0 Å². The number of benzene rings is 2. The molecule has 0 amide bonds. The van der Waals surface area contributed by atoms with Gasteiger partial charge in [-0.2, -0.15) is 0 Å². The van der Waals surface area contributed by atoms with Crippen molar-refractivity contribution >= 4 is 17.7 Å². The molecule has 0 radical (unpaired) electrons. The maximum absolute atomic E-state index is 10.6. The minimum atomic E-state index is -0.492. The summed E-state index contributed by atoms with van der Waals surface area (Å²) in [6, 6.07) is 16.2. The summed E-state index contributed by atoms with van der Waals surface area (Å²) in [4.78, 5) is 0. The van der Waals surface area contributed by atoms with E-state index in [1.807, 2.05) is 24.3 Å². The van der Waals surface area contributed by atoms with Crippen LogP contribution < -0.4 is 0 Å². The van der Waals surface area contributed by atoms with Gasteiger partial charge in [-0.05, 0) is 55.7 Å². The SMILES string of the molecule is Cc1ccc(/C=C2/CCC[C@H]2C[C@H](O)c2ccccc2Cl)cc1. The quantitative estimate of drug-likeness (QED) is 0.735. The van der Waals surface area contributed by atoms with Gasteiger partial charge in [0.15, 0.2) is 0 Å². The zero-order valence-corrected chi connectivity index (χ0v) is 14.3. The summed E-state index contributed by atoms with van der Waals surface area (Å²) in [6.07, 6.45) is 6.05. The van der Waals surface area contributed by atoms with Gasteiger partial charge in [0.1, 0.15) is 0 Å². The largest absolute Gasteiger partial charge is 0.388 e. The molecule has 3 rings (SSSR count). The molecule has 0 aliphatic heterocycles. The van der Waals surface area contributed by atoms with E-state index in [0.29, 0.717) is 10.9 Å². The third-order valence-corrected chi connectivity index (χ3v) is 5.09. The van der Waals surface area contributed by atoms with Gasteiger partial charge >= 0.3 is 0 Å². The zero-order chi connectivity index (χ0) is 16.2. The summed E-state index contributed by atoms with van der Waals surface area (Å²) in [6.45, 7) is 2.11. The first kappa shape index (κ1) is 16.3. The van der Waals surface area contributed by atoms with Gasteiger partial charge in [0.05, 0.1) is 6.10 Å². The first-order valence-corrected chi connectivity index (χ1v) is 8.71. The predicted octanol–water partition coefficient (Wildman–Crippen LogP) is 5.96.